The van der Waals surface area contributed by atoms with E-state index >= 15 is 0 Å². The lowest BCUT2D eigenvalue weighted by molar-refractivity contribution is 0.0574. The van der Waals surface area contributed by atoms with Gasteiger partial charge in [-0.05, 0) is 30.6 Å². The lowest BCUT2D eigenvalue weighted by Crippen LogP contribution is -2.50. The van der Waals surface area contributed by atoms with E-state index in [-0.39, 0.29) is 12.0 Å². The second-order valence-electron chi connectivity index (χ2n) is 5.66. The maximum absolute atomic E-state index is 12.9. The molecule has 1 aromatic heterocycles. The lowest BCUT2D eigenvalue weighted by atomic mass is 10.1. The number of hydrogen-bond acceptors (Lipinski definition) is 7. The largest absolute Gasteiger partial charge is 0.497 e. The minimum absolute atomic E-state index is 0.124. The molecule has 0 saturated carbocycles. The average molecular weight is 376 g/mol. The summed E-state index contributed by atoms with van der Waals surface area (Å²) in [4.78, 5) is 28.5. The number of nitrogens with zero attached hydrogens (tertiary/aromatic N) is 4. The van der Waals surface area contributed by atoms with Gasteiger partial charge >= 0.3 is 6.09 Å². The number of methoxy groups -OCH3 is 1. The van der Waals surface area contributed by atoms with Crippen molar-refractivity contribution in [2.45, 2.75) is 6.92 Å². The zero-order valence-electron chi connectivity index (χ0n) is 14.7. The van der Waals surface area contributed by atoms with Gasteiger partial charge in [-0.25, -0.2) is 4.79 Å². The van der Waals surface area contributed by atoms with Crippen LogP contribution in [0, 0.1) is 0 Å². The summed E-state index contributed by atoms with van der Waals surface area (Å²) in [5.74, 6) is 0.568. The van der Waals surface area contributed by atoms with Crippen LogP contribution in [0.2, 0.25) is 0 Å². The summed E-state index contributed by atoms with van der Waals surface area (Å²) in [5, 5.41) is 4.13. The van der Waals surface area contributed by atoms with Crippen LogP contribution in [-0.2, 0) is 4.74 Å². The molecule has 0 N–H and O–H groups in total. The van der Waals surface area contributed by atoms with Crippen LogP contribution >= 0.6 is 11.5 Å². The summed E-state index contributed by atoms with van der Waals surface area (Å²) in [5.41, 5.74) is 1.33. The molecule has 3 rings (SSSR count). The maximum atomic E-state index is 12.9. The van der Waals surface area contributed by atoms with Gasteiger partial charge in [-0.15, -0.1) is 5.10 Å². The smallest absolute Gasteiger partial charge is 0.409 e. The number of piperazine rings is 1. The number of benzene rings is 1. The molecule has 0 spiro atoms. The predicted octanol–water partition coefficient (Wildman–Crippen LogP) is 2.13. The molecule has 0 aliphatic carbocycles. The zero-order chi connectivity index (χ0) is 18.5. The van der Waals surface area contributed by atoms with Gasteiger partial charge < -0.3 is 19.3 Å². The molecule has 8 nitrogen and oxygen atoms in total. The van der Waals surface area contributed by atoms with Gasteiger partial charge in [-0.1, -0.05) is 16.6 Å². The van der Waals surface area contributed by atoms with Crippen molar-refractivity contribution in [3.8, 4) is 17.0 Å². The first-order valence-electron chi connectivity index (χ1n) is 8.31. The molecule has 0 radical (unpaired) electrons. The van der Waals surface area contributed by atoms with E-state index in [0.29, 0.717) is 49.1 Å². The quantitative estimate of drug-likeness (QED) is 0.813. The van der Waals surface area contributed by atoms with Gasteiger partial charge in [-0.3, -0.25) is 4.79 Å². The van der Waals surface area contributed by atoms with E-state index in [1.165, 1.54) is 0 Å². The monoisotopic (exact) mass is 376 g/mol. The summed E-state index contributed by atoms with van der Waals surface area (Å²) in [7, 11) is 1.59. The third kappa shape index (κ3) is 3.77. The van der Waals surface area contributed by atoms with E-state index in [1.807, 2.05) is 24.3 Å². The lowest BCUT2D eigenvalue weighted by Gasteiger charge is -2.33. The second kappa shape index (κ2) is 8.13. The molecule has 138 valence electrons. The Labute approximate surface area is 155 Å². The minimum Gasteiger partial charge on any atom is -0.497 e. The number of amides is 2. The number of rotatable bonds is 4. The van der Waals surface area contributed by atoms with Crippen molar-refractivity contribution in [2.75, 3.05) is 39.9 Å². The SMILES string of the molecule is CCOC(=O)N1CCN(C(=O)c2snnc2-c2cccc(OC)c2)CC1. The first-order valence-corrected chi connectivity index (χ1v) is 9.09. The summed E-state index contributed by atoms with van der Waals surface area (Å²) in [6.07, 6.45) is -0.337. The molecular weight excluding hydrogens is 356 g/mol. The molecule has 1 saturated heterocycles. The summed E-state index contributed by atoms with van der Waals surface area (Å²) >= 11 is 1.08. The van der Waals surface area contributed by atoms with Gasteiger partial charge in [0.15, 0.2) is 0 Å². The van der Waals surface area contributed by atoms with E-state index in [2.05, 4.69) is 9.59 Å². The molecule has 9 heteroatoms. The first kappa shape index (κ1) is 18.1. The molecule has 1 fully saturated rings. The highest BCUT2D eigenvalue weighted by atomic mass is 32.1. The van der Waals surface area contributed by atoms with E-state index in [9.17, 15) is 9.59 Å². The normalized spacial score (nSPS) is 14.2. The molecule has 2 aromatic rings. The van der Waals surface area contributed by atoms with Crippen molar-refractivity contribution in [3.63, 3.8) is 0 Å². The molecular formula is C17H20N4O4S. The topological polar surface area (TPSA) is 84.9 Å². The van der Waals surface area contributed by atoms with E-state index in [0.717, 1.165) is 17.1 Å². The Bertz CT molecular complexity index is 787. The number of carbonyl (C=O) groups excluding carboxylic acids is 2. The summed E-state index contributed by atoms with van der Waals surface area (Å²) in [6.45, 7) is 3.92. The van der Waals surface area contributed by atoms with Gasteiger partial charge in [-0.2, -0.15) is 0 Å². The highest BCUT2D eigenvalue weighted by molar-refractivity contribution is 7.08. The minimum atomic E-state index is -0.337. The Morgan fingerprint density at radius 3 is 2.62 bits per heavy atom. The van der Waals surface area contributed by atoms with E-state index < -0.39 is 0 Å². The van der Waals surface area contributed by atoms with Crippen molar-refractivity contribution in [1.82, 2.24) is 19.4 Å². The Kier molecular flexibility index (Phi) is 5.67. The molecule has 26 heavy (non-hydrogen) atoms. The fourth-order valence-corrected chi connectivity index (χ4v) is 3.40. The molecule has 2 amide bonds. The number of aromatic nitrogens is 2. The van der Waals surface area contributed by atoms with Crippen LogP contribution < -0.4 is 4.74 Å². The maximum Gasteiger partial charge on any atom is 0.409 e. The van der Waals surface area contributed by atoms with Gasteiger partial charge in [0, 0.05) is 31.7 Å². The van der Waals surface area contributed by atoms with Crippen LogP contribution in [-0.4, -0.2) is 71.3 Å². The Hall–Kier alpha value is -2.68. The van der Waals surface area contributed by atoms with Gasteiger partial charge in [0.05, 0.1) is 13.7 Å². The van der Waals surface area contributed by atoms with Crippen molar-refractivity contribution < 1.29 is 19.1 Å². The number of ether oxygens (including phenoxy) is 2. The third-order valence-corrected chi connectivity index (χ3v) is 4.83. The summed E-state index contributed by atoms with van der Waals surface area (Å²) < 4.78 is 14.2. The molecule has 0 atom stereocenters. The average Bonchev–Trinajstić information content (AvgIpc) is 3.17. The van der Waals surface area contributed by atoms with Crippen molar-refractivity contribution in [1.29, 1.82) is 0 Å². The standard InChI is InChI=1S/C17H20N4O4S/c1-3-25-17(23)21-9-7-20(8-10-21)16(22)15-14(18-19-26-15)12-5-4-6-13(11-12)24-2/h4-6,11H,3,7-10H2,1-2H3. The molecule has 1 aromatic carbocycles. The molecule has 0 bridgehead atoms. The Morgan fingerprint density at radius 2 is 1.92 bits per heavy atom. The molecule has 1 aliphatic heterocycles. The zero-order valence-corrected chi connectivity index (χ0v) is 15.5. The highest BCUT2D eigenvalue weighted by Gasteiger charge is 2.28. The molecule has 1 aliphatic rings. The van der Waals surface area contributed by atoms with Crippen LogP contribution in [0.4, 0.5) is 4.79 Å². The fourth-order valence-electron chi connectivity index (χ4n) is 2.74. The van der Waals surface area contributed by atoms with Gasteiger partial charge in [0.2, 0.25) is 0 Å². The van der Waals surface area contributed by atoms with Crippen molar-refractivity contribution in [3.05, 3.63) is 29.1 Å². The Balaban J connectivity index is 1.72. The van der Waals surface area contributed by atoms with Crippen LogP contribution in [0.5, 0.6) is 5.75 Å². The third-order valence-electron chi connectivity index (χ3n) is 4.12. The highest BCUT2D eigenvalue weighted by Crippen LogP contribution is 2.28. The van der Waals surface area contributed by atoms with Gasteiger partial charge in [0.25, 0.3) is 5.91 Å². The first-order chi connectivity index (χ1) is 12.6. The van der Waals surface area contributed by atoms with Crippen LogP contribution in [0.15, 0.2) is 24.3 Å². The summed E-state index contributed by atoms with van der Waals surface area (Å²) in [6, 6.07) is 7.38. The molecule has 0 unspecified atom stereocenters. The van der Waals surface area contributed by atoms with Gasteiger partial charge in [0.1, 0.15) is 16.3 Å². The van der Waals surface area contributed by atoms with Crippen LogP contribution in [0.25, 0.3) is 11.3 Å². The van der Waals surface area contributed by atoms with Crippen molar-refractivity contribution in [2.24, 2.45) is 0 Å². The van der Waals surface area contributed by atoms with Crippen molar-refractivity contribution >= 4 is 23.5 Å². The van der Waals surface area contributed by atoms with E-state index in [4.69, 9.17) is 9.47 Å². The fraction of sp³-hybridized carbons (Fsp3) is 0.412. The molecule has 2 heterocycles. The number of carbonyl (C=O) groups is 2. The Morgan fingerprint density at radius 1 is 1.19 bits per heavy atom. The van der Waals surface area contributed by atoms with E-state index in [1.54, 1.807) is 23.8 Å². The van der Waals surface area contributed by atoms with Crippen LogP contribution in [0.3, 0.4) is 0 Å². The second-order valence-corrected chi connectivity index (χ2v) is 6.41. The van der Waals surface area contributed by atoms with Crippen LogP contribution in [0.1, 0.15) is 16.6 Å². The predicted molar refractivity (Wildman–Crippen MR) is 96.4 cm³/mol. The number of hydrogen-bond donors (Lipinski definition) is 0.